The highest BCUT2D eigenvalue weighted by molar-refractivity contribution is 7.16. The smallest absolute Gasteiger partial charge is 0.176 e. The summed E-state index contributed by atoms with van der Waals surface area (Å²) in [5, 5.41) is 0.860. The lowest BCUT2D eigenvalue weighted by Gasteiger charge is -2.36. The number of Topliss-reactive ketones (excluding diaryl/α,β-unsaturated/α-hetero) is 1. The van der Waals surface area contributed by atoms with E-state index >= 15 is 0 Å². The molecule has 23 heavy (non-hydrogen) atoms. The van der Waals surface area contributed by atoms with Crippen LogP contribution in [0.15, 0.2) is 35.3 Å². The first-order valence-electron chi connectivity index (χ1n) is 7.82. The van der Waals surface area contributed by atoms with E-state index in [1.54, 1.807) is 18.4 Å². The van der Waals surface area contributed by atoms with Crippen molar-refractivity contribution >= 4 is 33.6 Å². The SMILES string of the molecule is COc1ccc(N2CCCC3C(=O)c4cc(C)sc4N=C32)cc1. The van der Waals surface area contributed by atoms with E-state index in [4.69, 9.17) is 9.73 Å². The molecular weight excluding hydrogens is 308 g/mol. The molecule has 1 fully saturated rings. The third-order valence-electron chi connectivity index (χ3n) is 4.48. The van der Waals surface area contributed by atoms with Crippen LogP contribution in [0, 0.1) is 12.8 Å². The number of piperidine rings is 1. The van der Waals surface area contributed by atoms with Gasteiger partial charge >= 0.3 is 0 Å². The van der Waals surface area contributed by atoms with Crippen molar-refractivity contribution in [1.29, 1.82) is 0 Å². The molecule has 0 spiro atoms. The lowest BCUT2D eigenvalue weighted by atomic mass is 9.87. The number of anilines is 1. The van der Waals surface area contributed by atoms with E-state index in [0.29, 0.717) is 0 Å². The second-order valence-corrected chi connectivity index (χ2v) is 7.19. The fourth-order valence-corrected chi connectivity index (χ4v) is 4.24. The number of hydrogen-bond donors (Lipinski definition) is 0. The molecule has 0 bridgehead atoms. The van der Waals surface area contributed by atoms with Crippen molar-refractivity contribution in [1.82, 2.24) is 0 Å². The molecule has 2 aromatic rings. The van der Waals surface area contributed by atoms with Gasteiger partial charge in [0, 0.05) is 17.1 Å². The van der Waals surface area contributed by atoms with Crippen molar-refractivity contribution in [2.45, 2.75) is 19.8 Å². The lowest BCUT2D eigenvalue weighted by Crippen LogP contribution is -2.45. The van der Waals surface area contributed by atoms with Gasteiger partial charge in [-0.05, 0) is 50.1 Å². The molecule has 118 valence electrons. The molecule has 0 aliphatic carbocycles. The number of ether oxygens (including phenoxy) is 1. The number of ketones is 1. The predicted molar refractivity (Wildman–Crippen MR) is 93.5 cm³/mol. The molecule has 4 nitrogen and oxygen atoms in total. The number of amidine groups is 1. The number of aryl methyl sites for hydroxylation is 1. The van der Waals surface area contributed by atoms with E-state index < -0.39 is 0 Å². The molecule has 0 saturated carbocycles. The number of methoxy groups -OCH3 is 1. The van der Waals surface area contributed by atoms with Gasteiger partial charge in [0.2, 0.25) is 0 Å². The van der Waals surface area contributed by atoms with Gasteiger partial charge in [0.05, 0.1) is 18.6 Å². The number of hydrogen-bond acceptors (Lipinski definition) is 5. The van der Waals surface area contributed by atoms with Crippen molar-refractivity contribution in [3.8, 4) is 5.75 Å². The number of aliphatic imine (C=N–C) groups is 1. The van der Waals surface area contributed by atoms with Gasteiger partial charge in [0.15, 0.2) is 5.78 Å². The highest BCUT2D eigenvalue weighted by atomic mass is 32.1. The largest absolute Gasteiger partial charge is 0.497 e. The first-order chi connectivity index (χ1) is 11.2. The summed E-state index contributed by atoms with van der Waals surface area (Å²) in [4.78, 5) is 21.0. The van der Waals surface area contributed by atoms with Gasteiger partial charge in [-0.3, -0.25) is 4.79 Å². The molecule has 1 unspecified atom stereocenters. The number of nitrogens with zero attached hydrogens (tertiary/aromatic N) is 2. The summed E-state index contributed by atoms with van der Waals surface area (Å²) in [7, 11) is 1.66. The fraction of sp³-hybridized carbons (Fsp3) is 0.333. The van der Waals surface area contributed by atoms with Gasteiger partial charge in [-0.25, -0.2) is 4.99 Å². The van der Waals surface area contributed by atoms with Crippen LogP contribution in [0.25, 0.3) is 0 Å². The Hall–Kier alpha value is -2.14. The summed E-state index contributed by atoms with van der Waals surface area (Å²) in [6.07, 6.45) is 1.89. The molecule has 4 rings (SSSR count). The quantitative estimate of drug-likeness (QED) is 0.830. The van der Waals surface area contributed by atoms with E-state index in [-0.39, 0.29) is 11.7 Å². The average Bonchev–Trinajstić information content (AvgIpc) is 2.95. The second-order valence-electron chi connectivity index (χ2n) is 5.95. The molecule has 2 aliphatic rings. The predicted octanol–water partition coefficient (Wildman–Crippen LogP) is 4.21. The second kappa shape index (κ2) is 5.49. The summed E-state index contributed by atoms with van der Waals surface area (Å²) in [5.41, 5.74) is 1.87. The fourth-order valence-electron chi connectivity index (χ4n) is 3.35. The number of carbonyl (C=O) groups excluding carboxylic acids is 1. The lowest BCUT2D eigenvalue weighted by molar-refractivity contribution is 0.0944. The topological polar surface area (TPSA) is 41.9 Å². The summed E-state index contributed by atoms with van der Waals surface area (Å²) in [6, 6.07) is 9.94. The Balaban J connectivity index is 1.77. The van der Waals surface area contributed by atoms with Crippen LogP contribution in [0.3, 0.4) is 0 Å². The Morgan fingerprint density at radius 3 is 2.83 bits per heavy atom. The average molecular weight is 326 g/mol. The number of benzene rings is 1. The zero-order valence-electron chi connectivity index (χ0n) is 13.2. The van der Waals surface area contributed by atoms with Crippen molar-refractivity contribution in [2.75, 3.05) is 18.6 Å². The summed E-state index contributed by atoms with van der Waals surface area (Å²) < 4.78 is 5.23. The maximum absolute atomic E-state index is 12.8. The van der Waals surface area contributed by atoms with E-state index in [2.05, 4.69) is 4.90 Å². The molecular formula is C18H18N2O2S. The molecule has 0 radical (unpaired) electrons. The van der Waals surface area contributed by atoms with Gasteiger partial charge in [0.25, 0.3) is 0 Å². The van der Waals surface area contributed by atoms with Gasteiger partial charge in [0.1, 0.15) is 16.6 Å². The van der Waals surface area contributed by atoms with Crippen LogP contribution < -0.4 is 9.64 Å². The Morgan fingerprint density at radius 2 is 2.09 bits per heavy atom. The summed E-state index contributed by atoms with van der Waals surface area (Å²) in [5.74, 6) is 1.86. The molecule has 0 amide bonds. The van der Waals surface area contributed by atoms with Gasteiger partial charge in [-0.15, -0.1) is 11.3 Å². The Morgan fingerprint density at radius 1 is 1.30 bits per heavy atom. The number of rotatable bonds is 2. The van der Waals surface area contributed by atoms with Crippen molar-refractivity contribution < 1.29 is 9.53 Å². The molecule has 5 heteroatoms. The van der Waals surface area contributed by atoms with Gasteiger partial charge in [-0.2, -0.15) is 0 Å². The summed E-state index contributed by atoms with van der Waals surface area (Å²) >= 11 is 1.60. The Bertz CT molecular complexity index is 792. The molecule has 1 aromatic heterocycles. The number of thiophene rings is 1. The molecule has 1 saturated heterocycles. The van der Waals surface area contributed by atoms with Crippen LogP contribution in [-0.2, 0) is 0 Å². The van der Waals surface area contributed by atoms with Crippen LogP contribution in [0.1, 0.15) is 28.1 Å². The van der Waals surface area contributed by atoms with Crippen molar-refractivity contribution in [3.63, 3.8) is 0 Å². The molecule has 3 heterocycles. The highest BCUT2D eigenvalue weighted by Crippen LogP contribution is 2.40. The third-order valence-corrected chi connectivity index (χ3v) is 5.42. The first kappa shape index (κ1) is 14.5. The van der Waals surface area contributed by atoms with Crippen molar-refractivity contribution in [2.24, 2.45) is 10.9 Å². The van der Waals surface area contributed by atoms with Crippen LogP contribution in [0.2, 0.25) is 0 Å². The van der Waals surface area contributed by atoms with Gasteiger partial charge in [-0.1, -0.05) is 0 Å². The first-order valence-corrected chi connectivity index (χ1v) is 8.64. The minimum Gasteiger partial charge on any atom is -0.497 e. The van der Waals surface area contributed by atoms with Gasteiger partial charge < -0.3 is 9.64 Å². The van der Waals surface area contributed by atoms with E-state index in [1.807, 2.05) is 37.3 Å². The Labute approximate surface area is 139 Å². The van der Waals surface area contributed by atoms with Crippen LogP contribution in [0.5, 0.6) is 5.75 Å². The highest BCUT2D eigenvalue weighted by Gasteiger charge is 2.38. The standard InChI is InChI=1S/C18H18N2O2S/c1-11-10-15-16(21)14-4-3-9-20(17(14)19-18(15)23-11)12-5-7-13(22-2)8-6-12/h5-8,10,14H,3-4,9H2,1-2H3. The van der Waals surface area contributed by atoms with Crippen LogP contribution in [0.4, 0.5) is 10.7 Å². The normalized spacial score (nSPS) is 19.9. The van der Waals surface area contributed by atoms with E-state index in [0.717, 1.165) is 52.1 Å². The minimum atomic E-state index is -0.104. The summed E-state index contributed by atoms with van der Waals surface area (Å²) in [6.45, 7) is 2.93. The zero-order chi connectivity index (χ0) is 16.0. The maximum atomic E-state index is 12.8. The van der Waals surface area contributed by atoms with Crippen LogP contribution >= 0.6 is 11.3 Å². The van der Waals surface area contributed by atoms with E-state index in [9.17, 15) is 4.79 Å². The van der Waals surface area contributed by atoms with Crippen LogP contribution in [-0.4, -0.2) is 25.3 Å². The zero-order valence-corrected chi connectivity index (χ0v) is 14.0. The number of carbonyl (C=O) groups is 1. The molecule has 1 aromatic carbocycles. The monoisotopic (exact) mass is 326 g/mol. The molecule has 1 atom stereocenters. The van der Waals surface area contributed by atoms with Crippen molar-refractivity contribution in [3.05, 3.63) is 40.8 Å². The third kappa shape index (κ3) is 2.36. The minimum absolute atomic E-state index is 0.104. The molecule has 0 N–H and O–H groups in total. The van der Waals surface area contributed by atoms with E-state index in [1.165, 1.54) is 0 Å². The molecule has 2 aliphatic heterocycles. The number of fused-ring (bicyclic) bond motifs is 2. The maximum Gasteiger partial charge on any atom is 0.176 e. The Kier molecular flexibility index (Phi) is 3.45.